The van der Waals surface area contributed by atoms with Gasteiger partial charge in [-0.2, -0.15) is 0 Å². The third-order valence-electron chi connectivity index (χ3n) is 4.63. The highest BCUT2D eigenvalue weighted by Gasteiger charge is 2.21. The quantitative estimate of drug-likeness (QED) is 0.661. The van der Waals surface area contributed by atoms with E-state index >= 15 is 0 Å². The lowest BCUT2D eigenvalue weighted by atomic mass is 9.93. The Balaban J connectivity index is 0.000000298. The number of aromatic nitrogens is 1. The van der Waals surface area contributed by atoms with Crippen molar-refractivity contribution >= 4 is 27.4 Å². The average Bonchev–Trinajstić information content (AvgIpc) is 3.05. The Labute approximate surface area is 171 Å². The van der Waals surface area contributed by atoms with E-state index in [2.05, 4.69) is 16.1 Å². The molecule has 1 fully saturated rings. The molecule has 1 saturated heterocycles. The zero-order valence-electron chi connectivity index (χ0n) is 16.8. The second-order valence-electron chi connectivity index (χ2n) is 7.93. The molecule has 7 heteroatoms. The van der Waals surface area contributed by atoms with Gasteiger partial charge in [-0.25, -0.2) is 12.4 Å². The predicted molar refractivity (Wildman–Crippen MR) is 113 cm³/mol. The van der Waals surface area contributed by atoms with Crippen molar-refractivity contribution in [1.82, 2.24) is 9.29 Å². The predicted octanol–water partition coefficient (Wildman–Crippen LogP) is 3.52. The lowest BCUT2D eigenvalue weighted by molar-refractivity contribution is -0.138. The number of fused-ring (bicyclic) bond motifs is 1. The number of rotatable bonds is 4. The zero-order valence-corrected chi connectivity index (χ0v) is 17.6. The first kappa shape index (κ1) is 21.1. The minimum absolute atomic E-state index is 0.305. The van der Waals surface area contributed by atoms with Gasteiger partial charge in [0.1, 0.15) is 5.60 Å². The van der Waals surface area contributed by atoms with Crippen molar-refractivity contribution in [1.29, 1.82) is 0 Å². The summed E-state index contributed by atoms with van der Waals surface area (Å²) in [6, 6.07) is 16.4. The summed E-state index contributed by atoms with van der Waals surface area (Å²) in [6.45, 7) is 7.91. The maximum absolute atomic E-state index is 12.7. The molecule has 154 valence electrons. The molecule has 1 aromatic heterocycles. The van der Waals surface area contributed by atoms with Crippen molar-refractivity contribution in [3.05, 3.63) is 66.4 Å². The molecule has 1 N–H and O–H groups in total. The molecule has 0 bridgehead atoms. The molecule has 1 aliphatic rings. The molecular formula is C22H26N2O4S. The van der Waals surface area contributed by atoms with Gasteiger partial charge >= 0.3 is 0 Å². The molecule has 1 aliphatic heterocycles. The van der Waals surface area contributed by atoms with Gasteiger partial charge < -0.3 is 10.1 Å². The van der Waals surface area contributed by atoms with Gasteiger partial charge in [0.15, 0.2) is 0 Å². The normalized spacial score (nSPS) is 14.6. The van der Waals surface area contributed by atoms with Gasteiger partial charge in [0.25, 0.3) is 16.5 Å². The molecule has 3 aromatic rings. The minimum Gasteiger partial charge on any atom is -0.462 e. The number of hydrogen-bond acceptors (Lipinski definition) is 5. The fourth-order valence-corrected chi connectivity index (χ4v) is 4.35. The molecule has 2 heterocycles. The Hall–Kier alpha value is -2.64. The van der Waals surface area contributed by atoms with E-state index in [0.717, 1.165) is 24.0 Å². The van der Waals surface area contributed by atoms with Gasteiger partial charge in [-0.05, 0) is 56.7 Å². The number of benzene rings is 2. The van der Waals surface area contributed by atoms with E-state index < -0.39 is 10.0 Å². The van der Waals surface area contributed by atoms with Crippen LogP contribution < -0.4 is 5.32 Å². The summed E-state index contributed by atoms with van der Waals surface area (Å²) in [5, 5.41) is 4.22. The van der Waals surface area contributed by atoms with Crippen LogP contribution in [0.15, 0.2) is 65.7 Å². The van der Waals surface area contributed by atoms with Crippen LogP contribution in [0.2, 0.25) is 0 Å². The first-order chi connectivity index (χ1) is 13.7. The van der Waals surface area contributed by atoms with Gasteiger partial charge in [-0.3, -0.25) is 4.79 Å². The lowest BCUT2D eigenvalue weighted by Gasteiger charge is -2.27. The van der Waals surface area contributed by atoms with Gasteiger partial charge in [0, 0.05) is 30.6 Å². The summed E-state index contributed by atoms with van der Waals surface area (Å²) in [6.07, 6.45) is 1.63. The molecule has 0 atom stereocenters. The summed E-state index contributed by atoms with van der Waals surface area (Å²) in [7, 11) is -3.54. The standard InChI is InChI=1S/C17H16N2O2S.C5H10O2/c20-22(21,16-4-2-1-3-5-16)19-9-8-14-10-13(6-7-17(14)19)15-11-18-12-15;1-5(2,3)7-4-6/h1-10,15,18H,11-12H2;4H,1-3H3. The molecule has 4 rings (SSSR count). The van der Waals surface area contributed by atoms with Crippen LogP contribution in [0.3, 0.4) is 0 Å². The van der Waals surface area contributed by atoms with Gasteiger partial charge in [0.05, 0.1) is 10.4 Å². The fraction of sp³-hybridized carbons (Fsp3) is 0.318. The van der Waals surface area contributed by atoms with E-state index in [1.54, 1.807) is 30.5 Å². The second-order valence-corrected chi connectivity index (χ2v) is 9.74. The van der Waals surface area contributed by atoms with E-state index in [4.69, 9.17) is 0 Å². The van der Waals surface area contributed by atoms with Crippen molar-refractivity contribution in [3.8, 4) is 0 Å². The summed E-state index contributed by atoms with van der Waals surface area (Å²) < 4.78 is 31.4. The third kappa shape index (κ3) is 4.86. The summed E-state index contributed by atoms with van der Waals surface area (Å²) in [5.74, 6) is 0.540. The Morgan fingerprint density at radius 3 is 2.28 bits per heavy atom. The van der Waals surface area contributed by atoms with Crippen LogP contribution in [0, 0.1) is 0 Å². The Bertz CT molecular complexity index is 1080. The van der Waals surface area contributed by atoms with Gasteiger partial charge in [-0.1, -0.05) is 24.3 Å². The van der Waals surface area contributed by atoms with Gasteiger partial charge in [-0.15, -0.1) is 0 Å². The summed E-state index contributed by atoms with van der Waals surface area (Å²) in [4.78, 5) is 9.90. The van der Waals surface area contributed by atoms with Crippen LogP contribution >= 0.6 is 0 Å². The van der Waals surface area contributed by atoms with Gasteiger partial charge in [0.2, 0.25) is 0 Å². The number of carbonyl (C=O) groups is 1. The van der Waals surface area contributed by atoms with Crippen LogP contribution in [0.4, 0.5) is 0 Å². The molecule has 0 radical (unpaired) electrons. The minimum atomic E-state index is -3.54. The van der Waals surface area contributed by atoms with E-state index in [-0.39, 0.29) is 5.60 Å². The highest BCUT2D eigenvalue weighted by molar-refractivity contribution is 7.90. The summed E-state index contributed by atoms with van der Waals surface area (Å²) in [5.41, 5.74) is 1.67. The smallest absolute Gasteiger partial charge is 0.293 e. The topological polar surface area (TPSA) is 77.4 Å². The molecule has 6 nitrogen and oxygen atoms in total. The summed E-state index contributed by atoms with van der Waals surface area (Å²) >= 11 is 0. The van der Waals surface area contributed by atoms with Crippen LogP contribution in [0.5, 0.6) is 0 Å². The number of nitrogens with zero attached hydrogens (tertiary/aromatic N) is 1. The molecule has 0 aliphatic carbocycles. The average molecular weight is 415 g/mol. The van der Waals surface area contributed by atoms with E-state index in [9.17, 15) is 13.2 Å². The van der Waals surface area contributed by atoms with Crippen molar-refractivity contribution in [2.75, 3.05) is 13.1 Å². The first-order valence-corrected chi connectivity index (χ1v) is 10.9. The second kappa shape index (κ2) is 8.39. The largest absolute Gasteiger partial charge is 0.462 e. The highest BCUT2D eigenvalue weighted by atomic mass is 32.2. The number of nitrogens with one attached hydrogen (secondary N) is 1. The number of hydrogen-bond donors (Lipinski definition) is 1. The Kier molecular flexibility index (Phi) is 6.10. The monoisotopic (exact) mass is 414 g/mol. The molecule has 2 aromatic carbocycles. The maximum Gasteiger partial charge on any atom is 0.293 e. The molecule has 0 amide bonds. The van der Waals surface area contributed by atoms with Crippen LogP contribution in [0.1, 0.15) is 32.3 Å². The number of carbonyl (C=O) groups excluding carboxylic acids is 1. The highest BCUT2D eigenvalue weighted by Crippen LogP contribution is 2.27. The van der Waals surface area contributed by atoms with E-state index in [0.29, 0.717) is 17.3 Å². The number of ether oxygens (including phenoxy) is 1. The van der Waals surface area contributed by atoms with E-state index in [1.807, 2.05) is 45.0 Å². The fourth-order valence-electron chi connectivity index (χ4n) is 2.97. The van der Waals surface area contributed by atoms with Crippen molar-refractivity contribution in [3.63, 3.8) is 0 Å². The Morgan fingerprint density at radius 1 is 1.07 bits per heavy atom. The molecule has 29 heavy (non-hydrogen) atoms. The SMILES string of the molecule is CC(C)(C)OC=O.O=S(=O)(c1ccccc1)n1ccc2cc(C3CNC3)ccc21. The van der Waals surface area contributed by atoms with Crippen molar-refractivity contribution in [2.24, 2.45) is 0 Å². The van der Waals surface area contributed by atoms with E-state index in [1.165, 1.54) is 9.54 Å². The van der Waals surface area contributed by atoms with Crippen LogP contribution in [0.25, 0.3) is 10.9 Å². The molecule has 0 unspecified atom stereocenters. The third-order valence-corrected chi connectivity index (χ3v) is 6.34. The Morgan fingerprint density at radius 2 is 1.76 bits per heavy atom. The first-order valence-electron chi connectivity index (χ1n) is 9.46. The van der Waals surface area contributed by atoms with Crippen LogP contribution in [-0.4, -0.2) is 37.6 Å². The molecule has 0 saturated carbocycles. The van der Waals surface area contributed by atoms with Crippen LogP contribution in [-0.2, 0) is 19.6 Å². The molecule has 0 spiro atoms. The lowest BCUT2D eigenvalue weighted by Crippen LogP contribution is -2.39. The van der Waals surface area contributed by atoms with Crippen molar-refractivity contribution in [2.45, 2.75) is 37.2 Å². The van der Waals surface area contributed by atoms with Crippen molar-refractivity contribution < 1.29 is 17.9 Å². The molecular weight excluding hydrogens is 388 g/mol. The maximum atomic E-state index is 12.7. The zero-order chi connectivity index (χ0) is 21.1.